The Balaban J connectivity index is 3.09. The molecule has 1 aromatic rings. The highest BCUT2D eigenvalue weighted by Crippen LogP contribution is 2.24. The number of aliphatic carboxylic acids is 1. The van der Waals surface area contributed by atoms with Crippen molar-refractivity contribution < 1.29 is 14.6 Å². The number of carboxylic acids is 1. The van der Waals surface area contributed by atoms with Gasteiger partial charge in [-0.1, -0.05) is 0 Å². The first-order valence-electron chi connectivity index (χ1n) is 4.61. The number of ether oxygens (including phenoxy) is 1. The molecule has 0 atom stereocenters. The van der Waals surface area contributed by atoms with Gasteiger partial charge in [0, 0.05) is 6.08 Å². The van der Waals surface area contributed by atoms with Gasteiger partial charge in [0.25, 0.3) is 0 Å². The van der Waals surface area contributed by atoms with Gasteiger partial charge in [-0.25, -0.2) is 4.79 Å². The largest absolute Gasteiger partial charge is 0.496 e. The average Bonchev–Trinajstić information content (AvgIpc) is 2.14. The van der Waals surface area contributed by atoms with Crippen LogP contribution in [0.4, 0.5) is 0 Å². The Morgan fingerprint density at radius 3 is 2.27 bits per heavy atom. The van der Waals surface area contributed by atoms with Crippen molar-refractivity contribution in [3.63, 3.8) is 0 Å². The van der Waals surface area contributed by atoms with E-state index >= 15 is 0 Å². The third-order valence-electron chi connectivity index (χ3n) is 2.11. The lowest BCUT2D eigenvalue weighted by molar-refractivity contribution is -0.131. The van der Waals surface area contributed by atoms with E-state index in [0.717, 1.165) is 28.5 Å². The Hall–Kier alpha value is -1.77. The molecule has 80 valence electrons. The van der Waals surface area contributed by atoms with Gasteiger partial charge in [-0.15, -0.1) is 0 Å². The molecule has 0 aliphatic rings. The smallest absolute Gasteiger partial charge is 0.328 e. The van der Waals surface area contributed by atoms with Gasteiger partial charge < -0.3 is 9.84 Å². The molecule has 0 bridgehead atoms. The maximum absolute atomic E-state index is 10.4. The number of rotatable bonds is 3. The molecule has 0 aliphatic carbocycles. The van der Waals surface area contributed by atoms with Crippen molar-refractivity contribution in [3.05, 3.63) is 34.9 Å². The highest BCUT2D eigenvalue weighted by Gasteiger charge is 2.03. The van der Waals surface area contributed by atoms with Crippen LogP contribution in [0.5, 0.6) is 5.75 Å². The standard InChI is InChI=1S/C12H14O3/c1-8-6-10(4-5-11(13)14)7-9(2)12(8)15-3/h4-7H,1-3H3,(H,13,14)/b5-4+. The fourth-order valence-electron chi connectivity index (χ4n) is 1.57. The molecule has 0 unspecified atom stereocenters. The molecule has 0 saturated carbocycles. The van der Waals surface area contributed by atoms with Crippen molar-refractivity contribution >= 4 is 12.0 Å². The van der Waals surface area contributed by atoms with Gasteiger partial charge in [0.15, 0.2) is 0 Å². The second-order valence-electron chi connectivity index (χ2n) is 3.36. The van der Waals surface area contributed by atoms with Crippen LogP contribution in [-0.2, 0) is 4.79 Å². The van der Waals surface area contributed by atoms with Crippen LogP contribution in [0, 0.1) is 13.8 Å². The summed E-state index contributed by atoms with van der Waals surface area (Å²) < 4.78 is 5.22. The molecule has 0 saturated heterocycles. The van der Waals surface area contributed by atoms with Crippen LogP contribution < -0.4 is 4.74 Å². The monoisotopic (exact) mass is 206 g/mol. The van der Waals surface area contributed by atoms with Crippen LogP contribution in [0.15, 0.2) is 18.2 Å². The van der Waals surface area contributed by atoms with Crippen LogP contribution in [-0.4, -0.2) is 18.2 Å². The van der Waals surface area contributed by atoms with Crippen LogP contribution in [0.1, 0.15) is 16.7 Å². The second-order valence-corrected chi connectivity index (χ2v) is 3.36. The summed E-state index contributed by atoms with van der Waals surface area (Å²) >= 11 is 0. The number of benzene rings is 1. The molecule has 1 N–H and O–H groups in total. The number of hydrogen-bond donors (Lipinski definition) is 1. The quantitative estimate of drug-likeness (QED) is 0.772. The number of carboxylic acid groups (broad SMARTS) is 1. The SMILES string of the molecule is COc1c(C)cc(/C=C/C(=O)O)cc1C. The molecule has 1 rings (SSSR count). The second kappa shape index (κ2) is 4.64. The van der Waals surface area contributed by atoms with Gasteiger partial charge >= 0.3 is 5.97 Å². The highest BCUT2D eigenvalue weighted by atomic mass is 16.5. The number of aryl methyl sites for hydroxylation is 2. The van der Waals surface area contributed by atoms with Gasteiger partial charge in [0.05, 0.1) is 7.11 Å². The molecule has 0 aromatic heterocycles. The molecular weight excluding hydrogens is 192 g/mol. The predicted molar refractivity (Wildman–Crippen MR) is 59.1 cm³/mol. The third kappa shape index (κ3) is 2.84. The maximum atomic E-state index is 10.4. The zero-order valence-electron chi connectivity index (χ0n) is 9.07. The molecule has 1 aromatic carbocycles. The van der Waals surface area contributed by atoms with Crippen LogP contribution in [0.3, 0.4) is 0 Å². The topological polar surface area (TPSA) is 46.5 Å². The fraction of sp³-hybridized carbons (Fsp3) is 0.250. The molecule has 3 nitrogen and oxygen atoms in total. The first kappa shape index (κ1) is 11.3. The van der Waals surface area contributed by atoms with Crippen molar-refractivity contribution in [2.75, 3.05) is 7.11 Å². The minimum Gasteiger partial charge on any atom is -0.496 e. The first-order chi connectivity index (χ1) is 7.04. The molecule has 0 aliphatic heterocycles. The van der Waals surface area contributed by atoms with Crippen LogP contribution in [0.25, 0.3) is 6.08 Å². The minimum absolute atomic E-state index is 0.850. The molecule has 3 heteroatoms. The number of hydrogen-bond acceptors (Lipinski definition) is 2. The molecule has 0 heterocycles. The van der Waals surface area contributed by atoms with Gasteiger partial charge in [-0.3, -0.25) is 0 Å². The van der Waals surface area contributed by atoms with Gasteiger partial charge in [-0.2, -0.15) is 0 Å². The Labute approximate surface area is 89.0 Å². The molecule has 15 heavy (non-hydrogen) atoms. The molecule has 0 spiro atoms. The Morgan fingerprint density at radius 1 is 1.33 bits per heavy atom. The van der Waals surface area contributed by atoms with E-state index in [9.17, 15) is 4.79 Å². The van der Waals surface area contributed by atoms with Gasteiger partial charge in [0.2, 0.25) is 0 Å². The van der Waals surface area contributed by atoms with Crippen molar-refractivity contribution in [2.45, 2.75) is 13.8 Å². The molecule has 0 fully saturated rings. The summed E-state index contributed by atoms with van der Waals surface area (Å²) in [7, 11) is 1.63. The normalized spacial score (nSPS) is 10.6. The van der Waals surface area contributed by atoms with Crippen molar-refractivity contribution in [2.24, 2.45) is 0 Å². The lowest BCUT2D eigenvalue weighted by Gasteiger charge is -2.09. The number of carbonyl (C=O) groups is 1. The highest BCUT2D eigenvalue weighted by molar-refractivity contribution is 5.85. The van der Waals surface area contributed by atoms with Crippen molar-refractivity contribution in [1.29, 1.82) is 0 Å². The van der Waals surface area contributed by atoms with Gasteiger partial charge in [-0.05, 0) is 48.7 Å². The lowest BCUT2D eigenvalue weighted by atomic mass is 10.1. The first-order valence-corrected chi connectivity index (χ1v) is 4.61. The Kier molecular flexibility index (Phi) is 3.50. The summed E-state index contributed by atoms with van der Waals surface area (Å²) in [5, 5.41) is 8.50. The van der Waals surface area contributed by atoms with Crippen molar-refractivity contribution in [1.82, 2.24) is 0 Å². The summed E-state index contributed by atoms with van der Waals surface area (Å²) in [6, 6.07) is 3.79. The summed E-state index contributed by atoms with van der Waals surface area (Å²) in [4.78, 5) is 10.4. The third-order valence-corrected chi connectivity index (χ3v) is 2.11. The number of methoxy groups -OCH3 is 1. The van der Waals surface area contributed by atoms with E-state index in [1.54, 1.807) is 13.2 Å². The molecule has 0 radical (unpaired) electrons. The minimum atomic E-state index is -0.943. The van der Waals surface area contributed by atoms with E-state index in [2.05, 4.69) is 0 Å². The fourth-order valence-corrected chi connectivity index (χ4v) is 1.57. The zero-order chi connectivity index (χ0) is 11.4. The zero-order valence-corrected chi connectivity index (χ0v) is 9.07. The summed E-state index contributed by atoms with van der Waals surface area (Å²) in [5.74, 6) is -0.0939. The van der Waals surface area contributed by atoms with Crippen LogP contribution >= 0.6 is 0 Å². The summed E-state index contributed by atoms with van der Waals surface area (Å²) in [6.07, 6.45) is 2.70. The molecule has 0 amide bonds. The summed E-state index contributed by atoms with van der Waals surface area (Å²) in [6.45, 7) is 3.87. The van der Waals surface area contributed by atoms with E-state index in [1.165, 1.54) is 0 Å². The van der Waals surface area contributed by atoms with E-state index in [-0.39, 0.29) is 0 Å². The van der Waals surface area contributed by atoms with E-state index < -0.39 is 5.97 Å². The van der Waals surface area contributed by atoms with E-state index in [1.807, 2.05) is 26.0 Å². The van der Waals surface area contributed by atoms with Gasteiger partial charge in [0.1, 0.15) is 5.75 Å². The summed E-state index contributed by atoms with van der Waals surface area (Å²) in [5.41, 5.74) is 2.87. The lowest BCUT2D eigenvalue weighted by Crippen LogP contribution is -1.92. The van der Waals surface area contributed by atoms with Crippen LogP contribution in [0.2, 0.25) is 0 Å². The Bertz CT molecular complexity index is 382. The maximum Gasteiger partial charge on any atom is 0.328 e. The predicted octanol–water partition coefficient (Wildman–Crippen LogP) is 2.41. The Morgan fingerprint density at radius 2 is 1.87 bits per heavy atom. The van der Waals surface area contributed by atoms with Crippen molar-refractivity contribution in [3.8, 4) is 5.75 Å². The molecular formula is C12H14O3. The van der Waals surface area contributed by atoms with E-state index in [0.29, 0.717) is 0 Å². The average molecular weight is 206 g/mol. The van der Waals surface area contributed by atoms with E-state index in [4.69, 9.17) is 9.84 Å².